The standard InChI is InChI=1S/C15H25NO/c1-7-12-10-13(8-9-14(12)17-6)11(2)15(3,4)16-5/h8-11,16H,7H2,1-6H3. The van der Waals surface area contributed by atoms with Gasteiger partial charge < -0.3 is 10.1 Å². The van der Waals surface area contributed by atoms with Gasteiger partial charge in [-0.15, -0.1) is 0 Å². The van der Waals surface area contributed by atoms with Crippen LogP contribution in [0, 0.1) is 0 Å². The highest BCUT2D eigenvalue weighted by atomic mass is 16.5. The number of benzene rings is 1. The van der Waals surface area contributed by atoms with E-state index in [1.807, 2.05) is 7.05 Å². The minimum atomic E-state index is 0.0968. The number of rotatable bonds is 5. The molecule has 0 radical (unpaired) electrons. The summed E-state index contributed by atoms with van der Waals surface area (Å²) in [6.07, 6.45) is 1.00. The van der Waals surface area contributed by atoms with Crippen LogP contribution in [0.5, 0.6) is 5.75 Å². The van der Waals surface area contributed by atoms with E-state index in [1.54, 1.807) is 7.11 Å². The van der Waals surface area contributed by atoms with Gasteiger partial charge in [-0.05, 0) is 50.4 Å². The van der Waals surface area contributed by atoms with Gasteiger partial charge >= 0.3 is 0 Å². The van der Waals surface area contributed by atoms with Crippen molar-refractivity contribution < 1.29 is 4.74 Å². The van der Waals surface area contributed by atoms with E-state index >= 15 is 0 Å². The fourth-order valence-corrected chi connectivity index (χ4v) is 1.98. The van der Waals surface area contributed by atoms with E-state index in [-0.39, 0.29) is 5.54 Å². The van der Waals surface area contributed by atoms with Gasteiger partial charge in [0, 0.05) is 5.54 Å². The molecule has 17 heavy (non-hydrogen) atoms. The third-order valence-corrected chi connectivity index (χ3v) is 3.91. The molecule has 1 aromatic rings. The first-order valence-corrected chi connectivity index (χ1v) is 6.32. The Balaban J connectivity index is 3.07. The first kappa shape index (κ1) is 14.0. The lowest BCUT2D eigenvalue weighted by atomic mass is 9.83. The number of hydrogen-bond donors (Lipinski definition) is 1. The third kappa shape index (κ3) is 3.01. The van der Waals surface area contributed by atoms with Crippen molar-refractivity contribution in [2.24, 2.45) is 0 Å². The molecule has 0 spiro atoms. The Hall–Kier alpha value is -1.02. The summed E-state index contributed by atoms with van der Waals surface area (Å²) in [6, 6.07) is 6.51. The van der Waals surface area contributed by atoms with Gasteiger partial charge in [0.1, 0.15) is 5.75 Å². The largest absolute Gasteiger partial charge is 0.496 e. The minimum Gasteiger partial charge on any atom is -0.496 e. The van der Waals surface area contributed by atoms with Gasteiger partial charge in [-0.2, -0.15) is 0 Å². The van der Waals surface area contributed by atoms with Crippen LogP contribution >= 0.6 is 0 Å². The lowest BCUT2D eigenvalue weighted by Gasteiger charge is -2.32. The summed E-state index contributed by atoms with van der Waals surface area (Å²) in [5, 5.41) is 3.37. The highest BCUT2D eigenvalue weighted by molar-refractivity contribution is 5.39. The summed E-state index contributed by atoms with van der Waals surface area (Å²) in [4.78, 5) is 0. The molecule has 0 amide bonds. The number of methoxy groups -OCH3 is 1. The first-order valence-electron chi connectivity index (χ1n) is 6.32. The van der Waals surface area contributed by atoms with Crippen molar-refractivity contribution in [2.45, 2.75) is 45.6 Å². The maximum absolute atomic E-state index is 5.37. The number of likely N-dealkylation sites (N-methyl/N-ethyl adjacent to an activating group) is 1. The zero-order chi connectivity index (χ0) is 13.1. The molecule has 0 bridgehead atoms. The predicted molar refractivity (Wildman–Crippen MR) is 73.9 cm³/mol. The van der Waals surface area contributed by atoms with Crippen LogP contribution in [0.15, 0.2) is 18.2 Å². The van der Waals surface area contributed by atoms with Gasteiger partial charge in [0.05, 0.1) is 7.11 Å². The number of aryl methyl sites for hydroxylation is 1. The van der Waals surface area contributed by atoms with E-state index in [2.05, 4.69) is 51.2 Å². The van der Waals surface area contributed by atoms with Crippen LogP contribution in [0.1, 0.15) is 44.7 Å². The fraction of sp³-hybridized carbons (Fsp3) is 0.600. The van der Waals surface area contributed by atoms with Crippen LogP contribution in [0.3, 0.4) is 0 Å². The molecule has 0 aromatic heterocycles. The van der Waals surface area contributed by atoms with Crippen LogP contribution < -0.4 is 10.1 Å². The number of ether oxygens (including phenoxy) is 1. The highest BCUT2D eigenvalue weighted by Gasteiger charge is 2.25. The van der Waals surface area contributed by atoms with Crippen molar-refractivity contribution in [2.75, 3.05) is 14.2 Å². The molecule has 0 heterocycles. The third-order valence-electron chi connectivity index (χ3n) is 3.91. The van der Waals surface area contributed by atoms with E-state index in [0.29, 0.717) is 5.92 Å². The Bertz CT molecular complexity index is 371. The quantitative estimate of drug-likeness (QED) is 0.845. The van der Waals surface area contributed by atoms with Gasteiger partial charge in [-0.3, -0.25) is 0 Å². The molecule has 1 rings (SSSR count). The van der Waals surface area contributed by atoms with Crippen molar-refractivity contribution in [3.8, 4) is 5.75 Å². The monoisotopic (exact) mass is 235 g/mol. The van der Waals surface area contributed by atoms with Gasteiger partial charge in [0.25, 0.3) is 0 Å². The predicted octanol–water partition coefficient (Wildman–Crippen LogP) is 3.36. The molecule has 2 nitrogen and oxygen atoms in total. The van der Waals surface area contributed by atoms with Gasteiger partial charge in [-0.1, -0.05) is 26.0 Å². The molecular formula is C15H25NO. The molecular weight excluding hydrogens is 210 g/mol. The smallest absolute Gasteiger partial charge is 0.122 e. The van der Waals surface area contributed by atoms with Crippen LogP contribution in [0.2, 0.25) is 0 Å². The molecule has 0 saturated heterocycles. The van der Waals surface area contributed by atoms with E-state index < -0.39 is 0 Å². The van der Waals surface area contributed by atoms with Gasteiger partial charge in [0.2, 0.25) is 0 Å². The van der Waals surface area contributed by atoms with Crippen molar-refractivity contribution in [1.82, 2.24) is 5.32 Å². The lowest BCUT2D eigenvalue weighted by molar-refractivity contribution is 0.359. The first-order chi connectivity index (χ1) is 7.96. The second kappa shape index (κ2) is 5.54. The summed E-state index contributed by atoms with van der Waals surface area (Å²) < 4.78 is 5.37. The average Bonchev–Trinajstić information content (AvgIpc) is 2.36. The summed E-state index contributed by atoms with van der Waals surface area (Å²) >= 11 is 0. The topological polar surface area (TPSA) is 21.3 Å². The molecule has 0 aliphatic heterocycles. The van der Waals surface area contributed by atoms with Crippen LogP contribution in [0.4, 0.5) is 0 Å². The molecule has 2 heteroatoms. The molecule has 1 N–H and O–H groups in total. The average molecular weight is 235 g/mol. The van der Waals surface area contributed by atoms with Crippen molar-refractivity contribution in [1.29, 1.82) is 0 Å². The maximum Gasteiger partial charge on any atom is 0.122 e. The Kier molecular flexibility index (Phi) is 4.58. The molecule has 1 unspecified atom stereocenters. The van der Waals surface area contributed by atoms with E-state index in [1.165, 1.54) is 11.1 Å². The SMILES string of the molecule is CCc1cc(C(C)C(C)(C)NC)ccc1OC. The van der Waals surface area contributed by atoms with E-state index in [9.17, 15) is 0 Å². The Labute approximate surface area is 105 Å². The second-order valence-electron chi connectivity index (χ2n) is 5.12. The molecule has 1 atom stereocenters. The molecule has 0 aliphatic carbocycles. The normalized spacial score (nSPS) is 13.5. The molecule has 0 saturated carbocycles. The van der Waals surface area contributed by atoms with Crippen LogP contribution in [0.25, 0.3) is 0 Å². The molecule has 0 aliphatic rings. The van der Waals surface area contributed by atoms with Crippen molar-refractivity contribution >= 4 is 0 Å². The summed E-state index contributed by atoms with van der Waals surface area (Å²) in [5.74, 6) is 1.45. The summed E-state index contributed by atoms with van der Waals surface area (Å²) in [5.41, 5.74) is 2.74. The van der Waals surface area contributed by atoms with E-state index in [4.69, 9.17) is 4.74 Å². The summed E-state index contributed by atoms with van der Waals surface area (Å²) in [7, 11) is 3.75. The highest BCUT2D eigenvalue weighted by Crippen LogP contribution is 2.30. The van der Waals surface area contributed by atoms with Crippen molar-refractivity contribution in [3.05, 3.63) is 29.3 Å². The molecule has 96 valence electrons. The van der Waals surface area contributed by atoms with Crippen LogP contribution in [-0.4, -0.2) is 19.7 Å². The lowest BCUT2D eigenvalue weighted by Crippen LogP contribution is -2.41. The molecule has 0 fully saturated rings. The second-order valence-corrected chi connectivity index (χ2v) is 5.12. The van der Waals surface area contributed by atoms with Gasteiger partial charge in [0.15, 0.2) is 0 Å². The van der Waals surface area contributed by atoms with Gasteiger partial charge in [-0.25, -0.2) is 0 Å². The maximum atomic E-state index is 5.37. The zero-order valence-corrected chi connectivity index (χ0v) is 11.9. The fourth-order valence-electron chi connectivity index (χ4n) is 1.98. The number of nitrogens with one attached hydrogen (secondary N) is 1. The number of hydrogen-bond acceptors (Lipinski definition) is 2. The Morgan fingerprint density at radius 2 is 2.00 bits per heavy atom. The van der Waals surface area contributed by atoms with E-state index in [0.717, 1.165) is 12.2 Å². The van der Waals surface area contributed by atoms with Crippen molar-refractivity contribution in [3.63, 3.8) is 0 Å². The Morgan fingerprint density at radius 1 is 1.35 bits per heavy atom. The Morgan fingerprint density at radius 3 is 2.47 bits per heavy atom. The summed E-state index contributed by atoms with van der Waals surface area (Å²) in [6.45, 7) is 8.88. The minimum absolute atomic E-state index is 0.0968. The molecule has 1 aromatic carbocycles. The van der Waals surface area contributed by atoms with Crippen LogP contribution in [-0.2, 0) is 6.42 Å². The zero-order valence-electron chi connectivity index (χ0n) is 11.9.